The van der Waals surface area contributed by atoms with Gasteiger partial charge in [-0.2, -0.15) is 0 Å². The summed E-state index contributed by atoms with van der Waals surface area (Å²) in [6.07, 6.45) is 4.15. The summed E-state index contributed by atoms with van der Waals surface area (Å²) in [5.41, 5.74) is 0. The summed E-state index contributed by atoms with van der Waals surface area (Å²) in [6.45, 7) is 10.7. The molecule has 1 rings (SSSR count). The summed E-state index contributed by atoms with van der Waals surface area (Å²) in [6, 6.07) is 0.565. The van der Waals surface area contributed by atoms with Crippen molar-refractivity contribution >= 4 is 0 Å². The van der Waals surface area contributed by atoms with Gasteiger partial charge < -0.3 is 15.0 Å². The molecule has 1 aliphatic heterocycles. The Balaban J connectivity index is 1.83. The van der Waals surface area contributed by atoms with Crippen molar-refractivity contribution in [3.63, 3.8) is 0 Å². The molecule has 0 radical (unpaired) electrons. The first kappa shape index (κ1) is 12.9. The largest absolute Gasteiger partial charge is 0.379 e. The molecule has 0 amide bonds. The molecule has 0 aromatic heterocycles. The number of nitrogens with zero attached hydrogens (tertiary/aromatic N) is 1. The highest BCUT2D eigenvalue weighted by molar-refractivity contribution is 4.63. The van der Waals surface area contributed by atoms with Gasteiger partial charge in [0, 0.05) is 19.1 Å². The van der Waals surface area contributed by atoms with Crippen molar-refractivity contribution in [1.29, 1.82) is 0 Å². The van der Waals surface area contributed by atoms with E-state index < -0.39 is 0 Å². The number of nitrogens with one attached hydrogen (secondary N) is 1. The number of ether oxygens (including phenoxy) is 1. The molecule has 1 saturated heterocycles. The minimum atomic E-state index is 0.565. The van der Waals surface area contributed by atoms with E-state index in [1.54, 1.807) is 0 Å². The van der Waals surface area contributed by atoms with Crippen molar-refractivity contribution in [3.8, 4) is 0 Å². The van der Waals surface area contributed by atoms with Crippen LogP contribution in [0.4, 0.5) is 0 Å². The quantitative estimate of drug-likeness (QED) is 0.650. The second-order valence-electron chi connectivity index (χ2n) is 4.62. The van der Waals surface area contributed by atoms with Crippen molar-refractivity contribution in [1.82, 2.24) is 10.2 Å². The average molecular weight is 214 g/mol. The summed E-state index contributed by atoms with van der Waals surface area (Å²) in [5.74, 6) is 0. The molecule has 3 heteroatoms. The molecule has 0 saturated carbocycles. The average Bonchev–Trinajstić information content (AvgIpc) is 2.24. The van der Waals surface area contributed by atoms with Crippen LogP contribution in [0.5, 0.6) is 0 Å². The molecule has 3 nitrogen and oxygen atoms in total. The van der Waals surface area contributed by atoms with Gasteiger partial charge in [-0.3, -0.25) is 0 Å². The fourth-order valence-electron chi connectivity index (χ4n) is 1.90. The Kier molecular flexibility index (Phi) is 6.98. The van der Waals surface area contributed by atoms with Crippen LogP contribution in [0.15, 0.2) is 0 Å². The number of rotatable bonds is 7. The highest BCUT2D eigenvalue weighted by atomic mass is 16.5. The van der Waals surface area contributed by atoms with Gasteiger partial charge in [-0.25, -0.2) is 0 Å². The van der Waals surface area contributed by atoms with E-state index >= 15 is 0 Å². The maximum absolute atomic E-state index is 5.58. The van der Waals surface area contributed by atoms with Gasteiger partial charge in [0.1, 0.15) is 0 Å². The van der Waals surface area contributed by atoms with Crippen LogP contribution in [0.2, 0.25) is 0 Å². The number of piperidine rings is 1. The predicted molar refractivity (Wildman–Crippen MR) is 64.2 cm³/mol. The lowest BCUT2D eigenvalue weighted by Gasteiger charge is -2.26. The van der Waals surface area contributed by atoms with Gasteiger partial charge in [-0.1, -0.05) is 20.3 Å². The Morgan fingerprint density at radius 2 is 1.87 bits per heavy atom. The van der Waals surface area contributed by atoms with Crippen molar-refractivity contribution in [2.45, 2.75) is 39.2 Å². The second kappa shape index (κ2) is 8.08. The molecule has 1 heterocycles. The zero-order chi connectivity index (χ0) is 10.9. The molecule has 1 N–H and O–H groups in total. The van der Waals surface area contributed by atoms with Gasteiger partial charge in [0.05, 0.1) is 13.2 Å². The van der Waals surface area contributed by atoms with Crippen LogP contribution in [-0.4, -0.2) is 50.3 Å². The zero-order valence-electron chi connectivity index (χ0n) is 10.3. The molecule has 90 valence electrons. The van der Waals surface area contributed by atoms with Crippen LogP contribution in [-0.2, 0) is 4.74 Å². The monoisotopic (exact) mass is 214 g/mol. The normalized spacial score (nSPS) is 18.6. The first-order valence-electron chi connectivity index (χ1n) is 6.32. The Morgan fingerprint density at radius 1 is 1.13 bits per heavy atom. The first-order valence-corrected chi connectivity index (χ1v) is 6.32. The van der Waals surface area contributed by atoms with E-state index in [1.165, 1.54) is 32.4 Å². The third kappa shape index (κ3) is 6.88. The van der Waals surface area contributed by atoms with Gasteiger partial charge in [0.25, 0.3) is 0 Å². The third-order valence-corrected chi connectivity index (χ3v) is 2.80. The number of likely N-dealkylation sites (tertiary alicyclic amines) is 1. The molecule has 0 bridgehead atoms. The SMILES string of the molecule is CC(C)NCCOCCN1CCCCC1. The zero-order valence-corrected chi connectivity index (χ0v) is 10.3. The van der Waals surface area contributed by atoms with Gasteiger partial charge in [0.15, 0.2) is 0 Å². The Labute approximate surface area is 94.2 Å². The molecule has 0 aromatic rings. The topological polar surface area (TPSA) is 24.5 Å². The van der Waals surface area contributed by atoms with Gasteiger partial charge in [-0.05, 0) is 25.9 Å². The van der Waals surface area contributed by atoms with Crippen LogP contribution >= 0.6 is 0 Å². The Morgan fingerprint density at radius 3 is 2.53 bits per heavy atom. The van der Waals surface area contributed by atoms with E-state index in [0.717, 1.165) is 26.3 Å². The highest BCUT2D eigenvalue weighted by Crippen LogP contribution is 2.07. The smallest absolute Gasteiger partial charge is 0.0594 e. The first-order chi connectivity index (χ1) is 7.29. The number of hydrogen-bond acceptors (Lipinski definition) is 3. The molecule has 0 aromatic carbocycles. The molecule has 15 heavy (non-hydrogen) atoms. The fourth-order valence-corrected chi connectivity index (χ4v) is 1.90. The summed E-state index contributed by atoms with van der Waals surface area (Å²) in [5, 5.41) is 3.35. The lowest BCUT2D eigenvalue weighted by Crippen LogP contribution is -2.33. The van der Waals surface area contributed by atoms with E-state index in [2.05, 4.69) is 24.1 Å². The van der Waals surface area contributed by atoms with E-state index in [4.69, 9.17) is 4.74 Å². The van der Waals surface area contributed by atoms with Crippen molar-refractivity contribution in [3.05, 3.63) is 0 Å². The second-order valence-corrected chi connectivity index (χ2v) is 4.62. The lowest BCUT2D eigenvalue weighted by atomic mass is 10.1. The van der Waals surface area contributed by atoms with Crippen LogP contribution in [0.25, 0.3) is 0 Å². The molecule has 0 spiro atoms. The molecular formula is C12H26N2O. The third-order valence-electron chi connectivity index (χ3n) is 2.80. The van der Waals surface area contributed by atoms with E-state index in [0.29, 0.717) is 6.04 Å². The summed E-state index contributed by atoms with van der Waals surface area (Å²) in [4.78, 5) is 2.51. The fraction of sp³-hybridized carbons (Fsp3) is 1.00. The molecule has 0 unspecified atom stereocenters. The van der Waals surface area contributed by atoms with Crippen molar-refractivity contribution in [2.75, 3.05) is 39.4 Å². The maximum Gasteiger partial charge on any atom is 0.0594 e. The van der Waals surface area contributed by atoms with Crippen LogP contribution in [0, 0.1) is 0 Å². The number of hydrogen-bond donors (Lipinski definition) is 1. The molecule has 1 aliphatic rings. The minimum Gasteiger partial charge on any atom is -0.379 e. The van der Waals surface area contributed by atoms with Gasteiger partial charge in [-0.15, -0.1) is 0 Å². The lowest BCUT2D eigenvalue weighted by molar-refractivity contribution is 0.0971. The summed E-state index contributed by atoms with van der Waals surface area (Å²) >= 11 is 0. The molecule has 0 atom stereocenters. The van der Waals surface area contributed by atoms with Crippen molar-refractivity contribution in [2.24, 2.45) is 0 Å². The molecular weight excluding hydrogens is 188 g/mol. The van der Waals surface area contributed by atoms with E-state index in [1.807, 2.05) is 0 Å². The van der Waals surface area contributed by atoms with Crippen molar-refractivity contribution < 1.29 is 4.74 Å². The minimum absolute atomic E-state index is 0.565. The predicted octanol–water partition coefficient (Wildman–Crippen LogP) is 1.49. The summed E-state index contributed by atoms with van der Waals surface area (Å²) < 4.78 is 5.58. The molecule has 0 aliphatic carbocycles. The van der Waals surface area contributed by atoms with Gasteiger partial charge in [0.2, 0.25) is 0 Å². The van der Waals surface area contributed by atoms with Crippen LogP contribution in [0.1, 0.15) is 33.1 Å². The molecule has 1 fully saturated rings. The van der Waals surface area contributed by atoms with Crippen LogP contribution < -0.4 is 5.32 Å². The summed E-state index contributed by atoms with van der Waals surface area (Å²) in [7, 11) is 0. The Bertz CT molecular complexity index is 145. The van der Waals surface area contributed by atoms with Gasteiger partial charge >= 0.3 is 0 Å². The Hall–Kier alpha value is -0.120. The highest BCUT2D eigenvalue weighted by Gasteiger charge is 2.08. The maximum atomic E-state index is 5.58. The standard InChI is InChI=1S/C12H26N2O/c1-12(2)13-6-10-15-11-9-14-7-4-3-5-8-14/h12-13H,3-11H2,1-2H3. The van der Waals surface area contributed by atoms with Crippen LogP contribution in [0.3, 0.4) is 0 Å². The van der Waals surface area contributed by atoms with E-state index in [9.17, 15) is 0 Å². The van der Waals surface area contributed by atoms with E-state index in [-0.39, 0.29) is 0 Å².